The molecule has 2 aromatic heterocycles. The smallest absolute Gasteiger partial charge is 0.131 e. The number of nitrogen functional groups attached to an aromatic ring is 1. The van der Waals surface area contributed by atoms with E-state index in [0.717, 1.165) is 39.4 Å². The first-order valence-electron chi connectivity index (χ1n) is 9.64. The Kier molecular flexibility index (Phi) is 6.57. The summed E-state index contributed by atoms with van der Waals surface area (Å²) in [6.07, 6.45) is 4.30. The maximum absolute atomic E-state index is 9.83. The summed E-state index contributed by atoms with van der Waals surface area (Å²) < 4.78 is 3.32. The number of nitrogens with zero attached hydrogens (tertiary/aromatic N) is 2. The molecule has 3 rings (SSSR count). The van der Waals surface area contributed by atoms with Crippen LogP contribution in [0, 0.1) is 13.8 Å². The molecule has 29 heavy (non-hydrogen) atoms. The number of anilines is 1. The molecule has 0 amide bonds. The van der Waals surface area contributed by atoms with Gasteiger partial charge in [0.15, 0.2) is 0 Å². The number of benzene rings is 1. The Morgan fingerprint density at radius 1 is 1.03 bits per heavy atom. The molecule has 0 saturated carbocycles. The van der Waals surface area contributed by atoms with Gasteiger partial charge in [-0.1, -0.05) is 6.07 Å². The second-order valence-electron chi connectivity index (χ2n) is 7.88. The zero-order valence-corrected chi connectivity index (χ0v) is 18.2. The van der Waals surface area contributed by atoms with Crippen molar-refractivity contribution < 1.29 is 5.11 Å². The number of hydrogen-bond donors (Lipinski definition) is 3. The number of aromatic nitrogens is 2. The molecule has 0 bridgehead atoms. The number of nitrogens with one attached hydrogen (secondary N) is 1. The molecule has 152 valence electrons. The van der Waals surface area contributed by atoms with Crippen LogP contribution in [0.15, 0.2) is 53.7 Å². The fourth-order valence-corrected chi connectivity index (χ4v) is 3.72. The van der Waals surface area contributed by atoms with Crippen molar-refractivity contribution in [1.29, 1.82) is 0 Å². The van der Waals surface area contributed by atoms with Crippen molar-refractivity contribution in [2.45, 2.75) is 44.6 Å². The van der Waals surface area contributed by atoms with E-state index in [2.05, 4.69) is 45.9 Å². The van der Waals surface area contributed by atoms with Crippen LogP contribution in [0.4, 0.5) is 5.82 Å². The predicted molar refractivity (Wildman–Crippen MR) is 122 cm³/mol. The summed E-state index contributed by atoms with van der Waals surface area (Å²) in [5, 5.41) is 9.83. The lowest BCUT2D eigenvalue weighted by molar-refractivity contribution is 0.0729. The van der Waals surface area contributed by atoms with E-state index in [1.807, 2.05) is 39.1 Å². The third-order valence-electron chi connectivity index (χ3n) is 4.68. The van der Waals surface area contributed by atoms with Crippen LogP contribution in [0.2, 0.25) is 0 Å². The Labute approximate surface area is 176 Å². The average Bonchev–Trinajstić information content (AvgIpc) is 2.66. The summed E-state index contributed by atoms with van der Waals surface area (Å²) in [6, 6.07) is 12.4. The number of aliphatic hydroxyl groups is 1. The Bertz CT molecular complexity index is 998. The van der Waals surface area contributed by atoms with Gasteiger partial charge >= 0.3 is 0 Å². The number of aryl methyl sites for hydroxylation is 2. The van der Waals surface area contributed by atoms with Crippen molar-refractivity contribution in [3.05, 3.63) is 60.0 Å². The molecular weight excluding hydrogens is 380 g/mol. The first kappa shape index (κ1) is 21.3. The van der Waals surface area contributed by atoms with Crippen molar-refractivity contribution in [1.82, 2.24) is 14.7 Å². The Morgan fingerprint density at radius 2 is 1.83 bits per heavy atom. The third-order valence-corrected chi connectivity index (χ3v) is 5.51. The van der Waals surface area contributed by atoms with Gasteiger partial charge in [-0.2, -0.15) is 0 Å². The maximum atomic E-state index is 9.83. The van der Waals surface area contributed by atoms with Crippen LogP contribution in [-0.4, -0.2) is 27.2 Å². The van der Waals surface area contributed by atoms with E-state index in [0.29, 0.717) is 12.2 Å². The van der Waals surface area contributed by atoms with Gasteiger partial charge < -0.3 is 10.8 Å². The highest BCUT2D eigenvalue weighted by Gasteiger charge is 2.12. The van der Waals surface area contributed by atoms with Gasteiger partial charge in [-0.05, 0) is 93.1 Å². The molecule has 0 atom stereocenters. The monoisotopic (exact) mass is 408 g/mol. The first-order chi connectivity index (χ1) is 13.7. The highest BCUT2D eigenvalue weighted by atomic mass is 32.2. The fraction of sp³-hybridized carbons (Fsp3) is 0.304. The quantitative estimate of drug-likeness (QED) is 0.386. The average molecular weight is 409 g/mol. The normalized spacial score (nSPS) is 11.6. The Hall–Kier alpha value is -2.41. The van der Waals surface area contributed by atoms with Gasteiger partial charge in [-0.3, -0.25) is 9.71 Å². The van der Waals surface area contributed by atoms with Gasteiger partial charge in [0, 0.05) is 40.7 Å². The minimum Gasteiger partial charge on any atom is -0.390 e. The first-order valence-corrected chi connectivity index (χ1v) is 10.5. The summed E-state index contributed by atoms with van der Waals surface area (Å²) in [4.78, 5) is 9.82. The molecule has 2 heterocycles. The van der Waals surface area contributed by atoms with Crippen molar-refractivity contribution in [2.24, 2.45) is 0 Å². The molecule has 0 fully saturated rings. The molecule has 0 aliphatic rings. The van der Waals surface area contributed by atoms with E-state index in [9.17, 15) is 5.11 Å². The van der Waals surface area contributed by atoms with E-state index in [1.165, 1.54) is 5.56 Å². The van der Waals surface area contributed by atoms with Crippen LogP contribution < -0.4 is 10.5 Å². The van der Waals surface area contributed by atoms with Crippen LogP contribution in [0.1, 0.15) is 31.5 Å². The SMILES string of the molecule is Cc1cc(-c2cc(-c3cc(SNCCC(C)(C)O)ccc3C)cnc2N)ccn1. The number of nitrogens with two attached hydrogens (primary N) is 1. The van der Waals surface area contributed by atoms with Gasteiger partial charge in [0.05, 0.1) is 5.60 Å². The molecule has 0 aliphatic heterocycles. The molecule has 3 aromatic rings. The second-order valence-corrected chi connectivity index (χ2v) is 8.84. The minimum absolute atomic E-state index is 0.510. The summed E-state index contributed by atoms with van der Waals surface area (Å²) in [7, 11) is 0. The van der Waals surface area contributed by atoms with Crippen LogP contribution in [0.25, 0.3) is 22.3 Å². The van der Waals surface area contributed by atoms with E-state index < -0.39 is 5.60 Å². The van der Waals surface area contributed by atoms with E-state index in [-0.39, 0.29) is 0 Å². The van der Waals surface area contributed by atoms with Crippen molar-refractivity contribution >= 4 is 17.8 Å². The highest BCUT2D eigenvalue weighted by Crippen LogP contribution is 2.33. The Balaban J connectivity index is 1.86. The standard InChI is InChI=1S/C23H28N4OS/c1-15-5-6-19(29-27-10-8-23(3,4)28)13-20(15)18-12-21(22(24)26-14-18)17-7-9-25-16(2)11-17/h5-7,9,11-14,27-28H,8,10H2,1-4H3,(H2,24,26). The van der Waals surface area contributed by atoms with Crippen LogP contribution in [0.3, 0.4) is 0 Å². The molecule has 1 aromatic carbocycles. The van der Waals surface area contributed by atoms with Gasteiger partial charge in [-0.15, -0.1) is 0 Å². The van der Waals surface area contributed by atoms with Crippen LogP contribution in [-0.2, 0) is 0 Å². The summed E-state index contributed by atoms with van der Waals surface area (Å²) in [6.45, 7) is 8.43. The molecule has 0 saturated heterocycles. The third kappa shape index (κ3) is 5.79. The van der Waals surface area contributed by atoms with Crippen LogP contribution in [0.5, 0.6) is 0 Å². The molecule has 6 heteroatoms. The van der Waals surface area contributed by atoms with Crippen molar-refractivity contribution in [3.8, 4) is 22.3 Å². The van der Waals surface area contributed by atoms with Gasteiger partial charge in [0.25, 0.3) is 0 Å². The van der Waals surface area contributed by atoms with Gasteiger partial charge in [0.2, 0.25) is 0 Å². The van der Waals surface area contributed by atoms with E-state index in [4.69, 9.17) is 5.73 Å². The van der Waals surface area contributed by atoms with Crippen molar-refractivity contribution in [2.75, 3.05) is 12.3 Å². The van der Waals surface area contributed by atoms with Crippen molar-refractivity contribution in [3.63, 3.8) is 0 Å². The summed E-state index contributed by atoms with van der Waals surface area (Å²) in [5.41, 5.74) is 11.7. The lowest BCUT2D eigenvalue weighted by atomic mass is 9.98. The number of hydrogen-bond acceptors (Lipinski definition) is 6. The molecule has 0 aliphatic carbocycles. The molecule has 5 nitrogen and oxygen atoms in total. The number of rotatable bonds is 7. The summed E-state index contributed by atoms with van der Waals surface area (Å²) in [5.74, 6) is 0.510. The largest absolute Gasteiger partial charge is 0.390 e. The zero-order valence-electron chi connectivity index (χ0n) is 17.4. The lowest BCUT2D eigenvalue weighted by Crippen LogP contribution is -2.23. The zero-order chi connectivity index (χ0) is 21.0. The molecule has 0 unspecified atom stereocenters. The second kappa shape index (κ2) is 8.95. The van der Waals surface area contributed by atoms with E-state index >= 15 is 0 Å². The number of pyridine rings is 2. The molecule has 0 radical (unpaired) electrons. The highest BCUT2D eigenvalue weighted by molar-refractivity contribution is 7.97. The molecule has 4 N–H and O–H groups in total. The lowest BCUT2D eigenvalue weighted by Gasteiger charge is -2.17. The Morgan fingerprint density at radius 3 is 2.55 bits per heavy atom. The van der Waals surface area contributed by atoms with E-state index in [1.54, 1.807) is 18.1 Å². The molecule has 0 spiro atoms. The topological polar surface area (TPSA) is 84.1 Å². The van der Waals surface area contributed by atoms with Gasteiger partial charge in [0.1, 0.15) is 5.82 Å². The van der Waals surface area contributed by atoms with Crippen LogP contribution >= 0.6 is 11.9 Å². The molecular formula is C23H28N4OS. The minimum atomic E-state index is -0.663. The van der Waals surface area contributed by atoms with Gasteiger partial charge in [-0.25, -0.2) is 4.98 Å². The summed E-state index contributed by atoms with van der Waals surface area (Å²) >= 11 is 1.57. The fourth-order valence-electron chi connectivity index (χ4n) is 3.03. The predicted octanol–water partition coefficient (Wildman–Crippen LogP) is 4.77. The maximum Gasteiger partial charge on any atom is 0.131 e.